The molecule has 0 aliphatic carbocycles. The summed E-state index contributed by atoms with van der Waals surface area (Å²) < 4.78 is 2.07. The maximum absolute atomic E-state index is 4.30. The minimum Gasteiger partial charge on any atom is -0.356 e. The van der Waals surface area contributed by atoms with Crippen LogP contribution in [-0.2, 0) is 13.0 Å². The molecule has 2 aromatic rings. The zero-order valence-electron chi connectivity index (χ0n) is 14.9. The van der Waals surface area contributed by atoms with Crippen molar-refractivity contribution in [1.82, 2.24) is 25.4 Å². The Morgan fingerprint density at radius 2 is 2.00 bits per heavy atom. The first kappa shape index (κ1) is 18.0. The number of nitrogens with zero attached hydrogens (tertiary/aromatic N) is 4. The zero-order valence-corrected chi connectivity index (χ0v) is 14.9. The Morgan fingerprint density at radius 3 is 2.67 bits per heavy atom. The summed E-state index contributed by atoms with van der Waals surface area (Å²) in [6.07, 6.45) is 3.76. The van der Waals surface area contributed by atoms with Crippen molar-refractivity contribution in [2.24, 2.45) is 4.99 Å². The molecule has 0 saturated heterocycles. The largest absolute Gasteiger partial charge is 0.356 e. The number of aliphatic imine (C=N–C) groups is 1. The van der Waals surface area contributed by atoms with Crippen LogP contribution in [0.5, 0.6) is 0 Å². The number of guanidine groups is 1. The summed E-state index contributed by atoms with van der Waals surface area (Å²) in [4.78, 5) is 4.30. The molecule has 24 heavy (non-hydrogen) atoms. The number of hydrogen-bond acceptors (Lipinski definition) is 3. The average Bonchev–Trinajstić information content (AvgIpc) is 3.09. The van der Waals surface area contributed by atoms with Gasteiger partial charge in [-0.1, -0.05) is 44.2 Å². The number of aryl methyl sites for hydroxylation is 1. The van der Waals surface area contributed by atoms with Gasteiger partial charge in [0, 0.05) is 39.0 Å². The first-order valence-electron chi connectivity index (χ1n) is 8.64. The van der Waals surface area contributed by atoms with Gasteiger partial charge in [0.15, 0.2) is 5.96 Å². The molecule has 0 spiro atoms. The standard InChI is InChI=1S/C18H28N6/c1-4-15(16-9-7-6-8-10-16)13-21-18(19-3)20-11-12-24-14-22-23-17(24)5-2/h6-10,14-15H,4-5,11-13H2,1-3H3,(H2,19,20,21). The Bertz CT molecular complexity index is 619. The molecule has 0 aliphatic heterocycles. The van der Waals surface area contributed by atoms with Gasteiger partial charge in [-0.2, -0.15) is 0 Å². The summed E-state index contributed by atoms with van der Waals surface area (Å²) in [5.74, 6) is 2.32. The second-order valence-corrected chi connectivity index (χ2v) is 5.69. The predicted molar refractivity (Wildman–Crippen MR) is 98.2 cm³/mol. The molecular formula is C18H28N6. The van der Waals surface area contributed by atoms with E-state index in [-0.39, 0.29) is 0 Å². The third-order valence-corrected chi connectivity index (χ3v) is 4.16. The van der Waals surface area contributed by atoms with E-state index in [0.29, 0.717) is 5.92 Å². The SMILES string of the molecule is CCc1nncn1CCNC(=NC)NCC(CC)c1ccccc1. The molecule has 1 aromatic heterocycles. The predicted octanol–water partition coefficient (Wildman–Crippen LogP) is 2.20. The number of benzene rings is 1. The summed E-state index contributed by atoms with van der Waals surface area (Å²) in [7, 11) is 1.80. The van der Waals surface area contributed by atoms with E-state index >= 15 is 0 Å². The van der Waals surface area contributed by atoms with Crippen LogP contribution in [0.3, 0.4) is 0 Å². The van der Waals surface area contributed by atoms with E-state index in [4.69, 9.17) is 0 Å². The second kappa shape index (κ2) is 9.70. The summed E-state index contributed by atoms with van der Waals surface area (Å²) in [5.41, 5.74) is 1.36. The molecular weight excluding hydrogens is 300 g/mol. The molecule has 1 heterocycles. The quantitative estimate of drug-likeness (QED) is 0.576. The molecule has 130 valence electrons. The lowest BCUT2D eigenvalue weighted by molar-refractivity contribution is 0.610. The van der Waals surface area contributed by atoms with Crippen LogP contribution in [0.1, 0.15) is 37.6 Å². The highest BCUT2D eigenvalue weighted by Gasteiger charge is 2.09. The third-order valence-electron chi connectivity index (χ3n) is 4.16. The molecule has 0 bridgehead atoms. The van der Waals surface area contributed by atoms with E-state index in [9.17, 15) is 0 Å². The summed E-state index contributed by atoms with van der Waals surface area (Å²) in [6.45, 7) is 6.78. The van der Waals surface area contributed by atoms with Crippen LogP contribution in [0.15, 0.2) is 41.7 Å². The molecule has 0 radical (unpaired) electrons. The monoisotopic (exact) mass is 328 g/mol. The number of hydrogen-bond donors (Lipinski definition) is 2. The molecule has 0 saturated carbocycles. The first-order chi connectivity index (χ1) is 11.8. The Morgan fingerprint density at radius 1 is 1.21 bits per heavy atom. The molecule has 0 aliphatic rings. The van der Waals surface area contributed by atoms with Gasteiger partial charge in [-0.25, -0.2) is 0 Å². The normalized spacial score (nSPS) is 12.9. The van der Waals surface area contributed by atoms with E-state index in [1.165, 1.54) is 5.56 Å². The Hall–Kier alpha value is -2.37. The molecule has 2 rings (SSSR count). The van der Waals surface area contributed by atoms with E-state index in [1.807, 2.05) is 0 Å². The maximum Gasteiger partial charge on any atom is 0.191 e. The van der Waals surface area contributed by atoms with Crippen LogP contribution >= 0.6 is 0 Å². The lowest BCUT2D eigenvalue weighted by Crippen LogP contribution is -2.40. The van der Waals surface area contributed by atoms with Crippen molar-refractivity contribution >= 4 is 5.96 Å². The van der Waals surface area contributed by atoms with Crippen LogP contribution < -0.4 is 10.6 Å². The minimum absolute atomic E-state index is 0.481. The van der Waals surface area contributed by atoms with E-state index in [2.05, 4.69) is 74.6 Å². The highest BCUT2D eigenvalue weighted by molar-refractivity contribution is 5.79. The average molecular weight is 328 g/mol. The van der Waals surface area contributed by atoms with Crippen molar-refractivity contribution < 1.29 is 0 Å². The van der Waals surface area contributed by atoms with Crippen LogP contribution in [0.4, 0.5) is 0 Å². The topological polar surface area (TPSA) is 67.1 Å². The molecule has 6 nitrogen and oxygen atoms in total. The number of rotatable bonds is 8. The van der Waals surface area contributed by atoms with Crippen LogP contribution in [0.2, 0.25) is 0 Å². The fourth-order valence-corrected chi connectivity index (χ4v) is 2.70. The molecule has 1 atom stereocenters. The van der Waals surface area contributed by atoms with Crippen molar-refractivity contribution in [3.63, 3.8) is 0 Å². The third kappa shape index (κ3) is 5.08. The van der Waals surface area contributed by atoms with Crippen molar-refractivity contribution in [1.29, 1.82) is 0 Å². The molecule has 6 heteroatoms. The van der Waals surface area contributed by atoms with Crippen molar-refractivity contribution in [3.8, 4) is 0 Å². The fraction of sp³-hybridized carbons (Fsp3) is 0.500. The Labute approximate surface area is 144 Å². The Balaban J connectivity index is 1.80. The van der Waals surface area contributed by atoms with Gasteiger partial charge in [0.1, 0.15) is 12.2 Å². The zero-order chi connectivity index (χ0) is 17.2. The second-order valence-electron chi connectivity index (χ2n) is 5.69. The van der Waals surface area contributed by atoms with Crippen molar-refractivity contribution in [2.75, 3.05) is 20.1 Å². The van der Waals surface area contributed by atoms with E-state index in [1.54, 1.807) is 13.4 Å². The highest BCUT2D eigenvalue weighted by atomic mass is 15.3. The van der Waals surface area contributed by atoms with Gasteiger partial charge >= 0.3 is 0 Å². The van der Waals surface area contributed by atoms with Gasteiger partial charge in [-0.15, -0.1) is 10.2 Å². The van der Waals surface area contributed by atoms with Crippen LogP contribution in [0.25, 0.3) is 0 Å². The lowest BCUT2D eigenvalue weighted by Gasteiger charge is -2.18. The van der Waals surface area contributed by atoms with Crippen molar-refractivity contribution in [2.45, 2.75) is 39.2 Å². The lowest BCUT2D eigenvalue weighted by atomic mass is 9.97. The Kier molecular flexibility index (Phi) is 7.26. The maximum atomic E-state index is 4.30. The van der Waals surface area contributed by atoms with Crippen molar-refractivity contribution in [3.05, 3.63) is 48.0 Å². The van der Waals surface area contributed by atoms with Gasteiger partial charge in [-0.3, -0.25) is 4.99 Å². The molecule has 1 aromatic carbocycles. The smallest absolute Gasteiger partial charge is 0.191 e. The number of nitrogens with one attached hydrogen (secondary N) is 2. The first-order valence-corrected chi connectivity index (χ1v) is 8.64. The number of aromatic nitrogens is 3. The summed E-state index contributed by atoms with van der Waals surface area (Å²) in [5, 5.41) is 14.8. The van der Waals surface area contributed by atoms with E-state index < -0.39 is 0 Å². The summed E-state index contributed by atoms with van der Waals surface area (Å²) >= 11 is 0. The van der Waals surface area contributed by atoms with Gasteiger partial charge in [0.25, 0.3) is 0 Å². The molecule has 0 amide bonds. The van der Waals surface area contributed by atoms with Gasteiger partial charge < -0.3 is 15.2 Å². The summed E-state index contributed by atoms with van der Waals surface area (Å²) in [6, 6.07) is 10.6. The molecule has 2 N–H and O–H groups in total. The molecule has 0 fully saturated rings. The van der Waals surface area contributed by atoms with Gasteiger partial charge in [0.05, 0.1) is 0 Å². The van der Waals surface area contributed by atoms with Crippen LogP contribution in [-0.4, -0.2) is 40.9 Å². The minimum atomic E-state index is 0.481. The highest BCUT2D eigenvalue weighted by Crippen LogP contribution is 2.17. The fourth-order valence-electron chi connectivity index (χ4n) is 2.70. The van der Waals surface area contributed by atoms with Gasteiger partial charge in [0.2, 0.25) is 0 Å². The van der Waals surface area contributed by atoms with Crippen LogP contribution in [0, 0.1) is 0 Å². The van der Waals surface area contributed by atoms with Gasteiger partial charge in [-0.05, 0) is 12.0 Å². The molecule has 1 unspecified atom stereocenters. The van der Waals surface area contributed by atoms with E-state index in [0.717, 1.165) is 44.3 Å².